The molecule has 0 heterocycles. The number of nitrogens with zero attached hydrogens (tertiary/aromatic N) is 2. The van der Waals surface area contributed by atoms with Crippen LogP contribution in [-0.2, 0) is 9.53 Å². The molecule has 0 atom stereocenters. The van der Waals surface area contributed by atoms with E-state index in [0.29, 0.717) is 5.56 Å². The monoisotopic (exact) mass is 444 g/mol. The molecular weight excluding hydrogens is 428 g/mol. The first-order valence-corrected chi connectivity index (χ1v) is 9.40. The van der Waals surface area contributed by atoms with Crippen LogP contribution in [0.5, 0.6) is 11.5 Å². The van der Waals surface area contributed by atoms with Gasteiger partial charge in [-0.1, -0.05) is 17.7 Å². The maximum Gasteiger partial charge on any atom is 0.350 e. The van der Waals surface area contributed by atoms with Crippen LogP contribution in [-0.4, -0.2) is 30.1 Å². The number of rotatable bonds is 8. The number of halogens is 1. The quantitative estimate of drug-likeness (QED) is 0.147. The van der Waals surface area contributed by atoms with Crippen LogP contribution in [0.2, 0.25) is 5.02 Å². The van der Waals surface area contributed by atoms with Crippen molar-refractivity contribution < 1.29 is 28.7 Å². The number of nitriles is 1. The molecule has 0 unspecified atom stereocenters. The molecule has 0 bridgehead atoms. The van der Waals surface area contributed by atoms with Gasteiger partial charge >= 0.3 is 11.9 Å². The van der Waals surface area contributed by atoms with Gasteiger partial charge in [0.15, 0.2) is 11.5 Å². The van der Waals surface area contributed by atoms with Crippen LogP contribution >= 0.6 is 11.6 Å². The van der Waals surface area contributed by atoms with E-state index in [-0.39, 0.29) is 40.9 Å². The SMILES string of the molecule is CCOC(=O)/C(C#N)=C/c1ccc(OC(=O)c2ccc(Cl)cc2[N+](=O)[O-])c(OCC)c1. The highest BCUT2D eigenvalue weighted by atomic mass is 35.5. The molecule has 10 heteroatoms. The maximum absolute atomic E-state index is 12.5. The lowest BCUT2D eigenvalue weighted by atomic mass is 10.1. The summed E-state index contributed by atoms with van der Waals surface area (Å²) in [7, 11) is 0. The molecule has 0 aliphatic rings. The lowest BCUT2D eigenvalue weighted by Crippen LogP contribution is -2.12. The van der Waals surface area contributed by atoms with Gasteiger partial charge in [-0.05, 0) is 49.8 Å². The van der Waals surface area contributed by atoms with E-state index < -0.39 is 22.5 Å². The van der Waals surface area contributed by atoms with Crippen LogP contribution in [0.15, 0.2) is 42.0 Å². The van der Waals surface area contributed by atoms with E-state index in [0.717, 1.165) is 6.07 Å². The summed E-state index contributed by atoms with van der Waals surface area (Å²) >= 11 is 5.77. The van der Waals surface area contributed by atoms with Crippen LogP contribution in [0, 0.1) is 21.4 Å². The van der Waals surface area contributed by atoms with Crippen LogP contribution < -0.4 is 9.47 Å². The van der Waals surface area contributed by atoms with E-state index in [1.54, 1.807) is 19.9 Å². The normalized spacial score (nSPS) is 10.7. The number of hydrogen-bond donors (Lipinski definition) is 0. The number of benzene rings is 2. The highest BCUT2D eigenvalue weighted by molar-refractivity contribution is 6.31. The van der Waals surface area contributed by atoms with Crippen LogP contribution in [0.4, 0.5) is 5.69 Å². The van der Waals surface area contributed by atoms with E-state index in [4.69, 9.17) is 31.1 Å². The zero-order valence-electron chi connectivity index (χ0n) is 16.6. The van der Waals surface area contributed by atoms with Crippen molar-refractivity contribution in [3.63, 3.8) is 0 Å². The molecule has 0 fully saturated rings. The molecular formula is C21H17ClN2O7. The fraction of sp³-hybridized carbons (Fsp3) is 0.190. The number of hydrogen-bond acceptors (Lipinski definition) is 8. The molecule has 2 rings (SSSR count). The molecule has 0 amide bonds. The number of ether oxygens (including phenoxy) is 3. The molecule has 2 aromatic rings. The average molecular weight is 445 g/mol. The second kappa shape index (κ2) is 10.8. The summed E-state index contributed by atoms with van der Waals surface area (Å²) in [6.07, 6.45) is 1.30. The van der Waals surface area contributed by atoms with Crippen molar-refractivity contribution in [1.29, 1.82) is 5.26 Å². The van der Waals surface area contributed by atoms with Gasteiger partial charge in [0.1, 0.15) is 17.2 Å². The number of nitro groups is 1. The molecule has 31 heavy (non-hydrogen) atoms. The molecule has 0 saturated heterocycles. The molecule has 0 saturated carbocycles. The number of nitro benzene ring substituents is 1. The highest BCUT2D eigenvalue weighted by Gasteiger charge is 2.23. The Labute approximate surface area is 182 Å². The van der Waals surface area contributed by atoms with Crippen molar-refractivity contribution in [1.82, 2.24) is 0 Å². The van der Waals surface area contributed by atoms with Crippen LogP contribution in [0.3, 0.4) is 0 Å². The minimum Gasteiger partial charge on any atom is -0.490 e. The molecule has 0 spiro atoms. The van der Waals surface area contributed by atoms with Gasteiger partial charge in [0, 0.05) is 11.1 Å². The Balaban J connectivity index is 2.38. The van der Waals surface area contributed by atoms with Gasteiger partial charge < -0.3 is 14.2 Å². The van der Waals surface area contributed by atoms with Crippen LogP contribution in [0.25, 0.3) is 6.08 Å². The third-order valence-electron chi connectivity index (χ3n) is 3.77. The maximum atomic E-state index is 12.5. The smallest absolute Gasteiger partial charge is 0.350 e. The topological polar surface area (TPSA) is 129 Å². The minimum absolute atomic E-state index is 0.00268. The minimum atomic E-state index is -0.975. The summed E-state index contributed by atoms with van der Waals surface area (Å²) in [5.41, 5.74) is -0.575. The molecule has 2 aromatic carbocycles. The van der Waals surface area contributed by atoms with Gasteiger partial charge in [-0.15, -0.1) is 0 Å². The number of esters is 2. The highest BCUT2D eigenvalue weighted by Crippen LogP contribution is 2.31. The zero-order chi connectivity index (χ0) is 23.0. The molecule has 160 valence electrons. The Hall–Kier alpha value is -3.90. The zero-order valence-corrected chi connectivity index (χ0v) is 17.3. The van der Waals surface area contributed by atoms with Gasteiger partial charge in [-0.3, -0.25) is 10.1 Å². The third kappa shape index (κ3) is 6.04. The fourth-order valence-corrected chi connectivity index (χ4v) is 2.63. The van der Waals surface area contributed by atoms with Gasteiger partial charge in [0.25, 0.3) is 5.69 Å². The molecule has 0 aromatic heterocycles. The molecule has 0 radical (unpaired) electrons. The first-order valence-electron chi connectivity index (χ1n) is 9.02. The summed E-state index contributed by atoms with van der Waals surface area (Å²) in [6.45, 7) is 3.67. The van der Waals surface area contributed by atoms with E-state index >= 15 is 0 Å². The Kier molecular flexibility index (Phi) is 8.11. The number of carbonyl (C=O) groups is 2. The second-order valence-electron chi connectivity index (χ2n) is 5.84. The van der Waals surface area contributed by atoms with Crippen molar-refractivity contribution in [2.45, 2.75) is 13.8 Å². The lowest BCUT2D eigenvalue weighted by Gasteiger charge is -2.12. The predicted octanol–water partition coefficient (Wildman–Crippen LogP) is 4.34. The lowest BCUT2D eigenvalue weighted by molar-refractivity contribution is -0.385. The van der Waals surface area contributed by atoms with Gasteiger partial charge in [-0.25, -0.2) is 9.59 Å². The Morgan fingerprint density at radius 1 is 1.16 bits per heavy atom. The summed E-state index contributed by atoms with van der Waals surface area (Å²) in [4.78, 5) is 34.8. The summed E-state index contributed by atoms with van der Waals surface area (Å²) in [5.74, 6) is -1.60. The number of carbonyl (C=O) groups excluding carboxylic acids is 2. The van der Waals surface area contributed by atoms with Crippen molar-refractivity contribution >= 4 is 35.3 Å². The van der Waals surface area contributed by atoms with Gasteiger partial charge in [0.05, 0.1) is 18.1 Å². The van der Waals surface area contributed by atoms with E-state index in [1.807, 2.05) is 0 Å². The Bertz CT molecular complexity index is 1090. The Morgan fingerprint density at radius 3 is 2.52 bits per heavy atom. The van der Waals surface area contributed by atoms with Crippen molar-refractivity contribution in [3.05, 3.63) is 68.2 Å². The van der Waals surface area contributed by atoms with Gasteiger partial charge in [0.2, 0.25) is 0 Å². The molecule has 9 nitrogen and oxygen atoms in total. The van der Waals surface area contributed by atoms with Crippen LogP contribution in [0.1, 0.15) is 29.8 Å². The fourth-order valence-electron chi connectivity index (χ4n) is 2.46. The average Bonchev–Trinajstić information content (AvgIpc) is 2.73. The largest absolute Gasteiger partial charge is 0.490 e. The first kappa shape index (κ1) is 23.4. The molecule has 0 N–H and O–H groups in total. The second-order valence-corrected chi connectivity index (χ2v) is 6.27. The third-order valence-corrected chi connectivity index (χ3v) is 4.01. The summed E-state index contributed by atoms with van der Waals surface area (Å²) < 4.78 is 15.6. The molecule has 0 aliphatic carbocycles. The predicted molar refractivity (Wildman–Crippen MR) is 111 cm³/mol. The first-order chi connectivity index (χ1) is 14.8. The van der Waals surface area contributed by atoms with E-state index in [1.165, 1.54) is 36.4 Å². The summed E-state index contributed by atoms with van der Waals surface area (Å²) in [6, 6.07) is 9.67. The van der Waals surface area contributed by atoms with Gasteiger partial charge in [-0.2, -0.15) is 5.26 Å². The van der Waals surface area contributed by atoms with Crippen molar-refractivity contribution in [2.75, 3.05) is 13.2 Å². The van der Waals surface area contributed by atoms with E-state index in [9.17, 15) is 19.7 Å². The van der Waals surface area contributed by atoms with Crippen molar-refractivity contribution in [3.8, 4) is 17.6 Å². The standard InChI is InChI=1S/C21H17ClN2O7/c1-3-29-19-10-13(9-14(12-23)20(25)30-4-2)5-8-18(19)31-21(26)16-7-6-15(22)11-17(16)24(27)28/h5-11H,3-4H2,1-2H3/b14-9+. The Morgan fingerprint density at radius 2 is 1.90 bits per heavy atom. The summed E-state index contributed by atoms with van der Waals surface area (Å²) in [5, 5.41) is 20.5. The molecule has 0 aliphatic heterocycles. The van der Waals surface area contributed by atoms with Crippen molar-refractivity contribution in [2.24, 2.45) is 0 Å². The van der Waals surface area contributed by atoms with E-state index in [2.05, 4.69) is 0 Å².